The average molecular weight is 276 g/mol. The van der Waals surface area contributed by atoms with E-state index in [9.17, 15) is 35.1 Å². The highest BCUT2D eigenvalue weighted by molar-refractivity contribution is 6.68. The predicted molar refractivity (Wildman–Crippen MR) is 56.6 cm³/mol. The Morgan fingerprint density at radius 1 is 0.889 bits per heavy atom. The number of rotatable bonds is 4. The Morgan fingerprint density at radius 3 is 1.61 bits per heavy atom. The number of carbonyl (C=O) groups excluding carboxylic acids is 1. The second-order valence-corrected chi connectivity index (χ2v) is 3.25. The summed E-state index contributed by atoms with van der Waals surface area (Å²) in [7, 11) is 0. The molecule has 0 aliphatic carbocycles. The minimum absolute atomic E-state index is 0.327. The molecule has 0 saturated carbocycles. The number of hydrogen-bond acceptors (Lipinski definition) is 7. The second kappa shape index (κ2) is 4.71. The first-order valence-electron chi connectivity index (χ1n) is 4.06. The summed E-state index contributed by atoms with van der Waals surface area (Å²) in [5.41, 5.74) is -3.88. The molecular weight excluding hydrogens is 274 g/mol. The second-order valence-electron chi connectivity index (χ2n) is 2.90. The summed E-state index contributed by atoms with van der Waals surface area (Å²) in [6, 6.07) is 0.735. The average Bonchev–Trinajstić information content (AvgIpc) is 2.26. The molecule has 0 aliphatic rings. The van der Waals surface area contributed by atoms with Crippen LogP contribution in [0.15, 0.2) is 12.1 Å². The van der Waals surface area contributed by atoms with E-state index in [2.05, 4.69) is 0 Å². The van der Waals surface area contributed by atoms with Gasteiger partial charge in [-0.25, -0.2) is 0 Å². The highest BCUT2D eigenvalue weighted by atomic mass is 35.5. The zero-order valence-electron chi connectivity index (χ0n) is 8.23. The summed E-state index contributed by atoms with van der Waals surface area (Å²) in [5.74, 6) is 0. The fourth-order valence-corrected chi connectivity index (χ4v) is 1.32. The van der Waals surface area contributed by atoms with Crippen LogP contribution < -0.4 is 0 Å². The zero-order valence-corrected chi connectivity index (χ0v) is 8.99. The van der Waals surface area contributed by atoms with Crippen molar-refractivity contribution in [3.8, 4) is 0 Å². The number of benzene rings is 1. The molecule has 0 heterocycles. The van der Waals surface area contributed by atoms with Crippen LogP contribution in [0.2, 0.25) is 0 Å². The van der Waals surface area contributed by atoms with Gasteiger partial charge in [-0.2, -0.15) is 0 Å². The van der Waals surface area contributed by atoms with E-state index in [0.717, 1.165) is 0 Å². The first kappa shape index (κ1) is 13.4. The van der Waals surface area contributed by atoms with Gasteiger partial charge in [-0.15, -0.1) is 0 Å². The van der Waals surface area contributed by atoms with Crippen LogP contribution in [0.1, 0.15) is 10.4 Å². The fraction of sp³-hybridized carbons (Fsp3) is 0. The van der Waals surface area contributed by atoms with Crippen LogP contribution in [0, 0.1) is 30.3 Å². The number of nitro benzene ring substituents is 3. The molecule has 0 atom stereocenters. The minimum atomic E-state index is -1.32. The van der Waals surface area contributed by atoms with Crippen molar-refractivity contribution in [2.75, 3.05) is 0 Å². The Morgan fingerprint density at radius 2 is 1.28 bits per heavy atom. The van der Waals surface area contributed by atoms with E-state index in [1.165, 1.54) is 0 Å². The predicted octanol–water partition coefficient (Wildman–Crippen LogP) is 1.79. The minimum Gasteiger partial charge on any atom is -0.275 e. The van der Waals surface area contributed by atoms with Crippen molar-refractivity contribution >= 4 is 33.9 Å². The van der Waals surface area contributed by atoms with E-state index < -0.39 is 42.6 Å². The largest absolute Gasteiger partial charge is 0.352 e. The van der Waals surface area contributed by atoms with Crippen molar-refractivity contribution in [1.29, 1.82) is 0 Å². The fourth-order valence-electron chi connectivity index (χ4n) is 1.17. The van der Waals surface area contributed by atoms with Gasteiger partial charge >= 0.3 is 11.4 Å². The van der Waals surface area contributed by atoms with Gasteiger partial charge in [-0.05, 0) is 11.6 Å². The molecule has 94 valence electrons. The summed E-state index contributed by atoms with van der Waals surface area (Å²) in [6.07, 6.45) is 0. The Balaban J connectivity index is 3.71. The van der Waals surface area contributed by atoms with Crippen molar-refractivity contribution in [2.24, 2.45) is 0 Å². The van der Waals surface area contributed by atoms with E-state index in [-0.39, 0.29) is 0 Å². The van der Waals surface area contributed by atoms with Crippen molar-refractivity contribution in [1.82, 2.24) is 0 Å². The normalized spacial score (nSPS) is 9.83. The molecule has 0 N–H and O–H groups in total. The topological polar surface area (TPSA) is 146 Å². The summed E-state index contributed by atoms with van der Waals surface area (Å²) in [5, 5.41) is 30.4. The SMILES string of the molecule is O=C(Cl)c1cc([N+](=O)[O-])c([N+](=O)[O-])cc1[N+](=O)[O-]. The van der Waals surface area contributed by atoms with Gasteiger partial charge in [0.15, 0.2) is 0 Å². The molecule has 1 rings (SSSR count). The van der Waals surface area contributed by atoms with Gasteiger partial charge in [-0.3, -0.25) is 35.1 Å². The molecule has 0 unspecified atom stereocenters. The van der Waals surface area contributed by atoms with Gasteiger partial charge in [0.2, 0.25) is 0 Å². The third-order valence-corrected chi connectivity index (χ3v) is 2.10. The van der Waals surface area contributed by atoms with Gasteiger partial charge in [0.05, 0.1) is 14.8 Å². The van der Waals surface area contributed by atoms with Crippen molar-refractivity contribution in [3.05, 3.63) is 48.0 Å². The van der Waals surface area contributed by atoms with E-state index in [4.69, 9.17) is 11.6 Å². The van der Waals surface area contributed by atoms with Gasteiger partial charge in [-0.1, -0.05) is 0 Å². The van der Waals surface area contributed by atoms with Crippen LogP contribution in [0.5, 0.6) is 0 Å². The molecule has 0 fully saturated rings. The molecule has 18 heavy (non-hydrogen) atoms. The number of hydrogen-bond donors (Lipinski definition) is 0. The maximum Gasteiger partial charge on any atom is 0.352 e. The van der Waals surface area contributed by atoms with Crippen LogP contribution in [-0.2, 0) is 0 Å². The molecule has 0 saturated heterocycles. The van der Waals surface area contributed by atoms with E-state index >= 15 is 0 Å². The number of halogens is 1. The van der Waals surface area contributed by atoms with Crippen molar-refractivity contribution in [3.63, 3.8) is 0 Å². The summed E-state index contributed by atoms with van der Waals surface area (Å²) < 4.78 is 0. The van der Waals surface area contributed by atoms with Gasteiger partial charge in [0.1, 0.15) is 11.6 Å². The number of nitro groups is 3. The molecule has 11 heteroatoms. The maximum atomic E-state index is 10.9. The Hall–Kier alpha value is -2.62. The lowest BCUT2D eigenvalue weighted by Gasteiger charge is -1.99. The quantitative estimate of drug-likeness (QED) is 0.462. The smallest absolute Gasteiger partial charge is 0.275 e. The Kier molecular flexibility index (Phi) is 3.52. The maximum absolute atomic E-state index is 10.9. The molecule has 10 nitrogen and oxygen atoms in total. The lowest BCUT2D eigenvalue weighted by molar-refractivity contribution is -0.424. The highest BCUT2D eigenvalue weighted by Crippen LogP contribution is 2.34. The third kappa shape index (κ3) is 2.38. The van der Waals surface area contributed by atoms with Crippen LogP contribution in [-0.4, -0.2) is 20.0 Å². The van der Waals surface area contributed by atoms with Crippen LogP contribution in [0.25, 0.3) is 0 Å². The van der Waals surface area contributed by atoms with Gasteiger partial charge in [0, 0.05) is 6.07 Å². The first-order valence-corrected chi connectivity index (χ1v) is 4.44. The van der Waals surface area contributed by atoms with Crippen molar-refractivity contribution < 1.29 is 19.6 Å². The summed E-state index contributed by atoms with van der Waals surface area (Å²) in [4.78, 5) is 39.2. The lowest BCUT2D eigenvalue weighted by Crippen LogP contribution is -2.03. The molecule has 0 spiro atoms. The lowest BCUT2D eigenvalue weighted by atomic mass is 10.1. The molecular formula is C7H2ClN3O7. The number of carbonyl (C=O) groups is 1. The van der Waals surface area contributed by atoms with Crippen molar-refractivity contribution in [2.45, 2.75) is 0 Å². The van der Waals surface area contributed by atoms with Gasteiger partial charge in [0.25, 0.3) is 10.9 Å². The molecule has 1 aromatic rings. The van der Waals surface area contributed by atoms with E-state index in [0.29, 0.717) is 12.1 Å². The summed E-state index contributed by atoms with van der Waals surface area (Å²) in [6.45, 7) is 0. The molecule has 0 amide bonds. The zero-order chi connectivity index (χ0) is 14.0. The molecule has 0 aromatic heterocycles. The van der Waals surface area contributed by atoms with Crippen LogP contribution in [0.4, 0.5) is 17.1 Å². The monoisotopic (exact) mass is 275 g/mol. The first-order chi connectivity index (χ1) is 8.25. The Labute approximate surface area is 102 Å². The molecule has 1 aromatic carbocycles. The van der Waals surface area contributed by atoms with Crippen LogP contribution >= 0.6 is 11.6 Å². The third-order valence-electron chi connectivity index (χ3n) is 1.89. The summed E-state index contributed by atoms with van der Waals surface area (Å²) >= 11 is 5.03. The van der Waals surface area contributed by atoms with E-state index in [1.54, 1.807) is 0 Å². The molecule has 0 aliphatic heterocycles. The van der Waals surface area contributed by atoms with E-state index in [1.807, 2.05) is 0 Å². The highest BCUT2D eigenvalue weighted by Gasteiger charge is 2.33. The molecule has 0 bridgehead atoms. The number of nitrogens with zero attached hydrogens (tertiary/aromatic N) is 3. The van der Waals surface area contributed by atoms with Crippen LogP contribution in [0.3, 0.4) is 0 Å². The molecule has 0 radical (unpaired) electrons. The standard InChI is InChI=1S/C7H2ClN3O7/c8-7(12)3-1-5(10(15)16)6(11(17)18)2-4(3)9(13)14/h1-2H. The Bertz CT molecular complexity index is 486. The van der Waals surface area contributed by atoms with Gasteiger partial charge < -0.3 is 0 Å².